The van der Waals surface area contributed by atoms with Gasteiger partial charge in [-0.05, 0) is 55.0 Å². The third-order valence-electron chi connectivity index (χ3n) is 4.10. The average molecular weight is 389 g/mol. The molecule has 4 aromatic rings. The van der Waals surface area contributed by atoms with Gasteiger partial charge in [-0.2, -0.15) is 0 Å². The SMILES string of the molecule is Cc1ccnc(-c2nccc(NC(=O)c3oc(C)nc3-c3ccc(F)cc3)n2)c1. The maximum atomic E-state index is 13.2. The lowest BCUT2D eigenvalue weighted by atomic mass is 10.1. The van der Waals surface area contributed by atoms with Crippen molar-refractivity contribution in [3.05, 3.63) is 77.9 Å². The number of benzene rings is 1. The first-order valence-electron chi connectivity index (χ1n) is 8.80. The van der Waals surface area contributed by atoms with Gasteiger partial charge in [0.25, 0.3) is 5.91 Å². The summed E-state index contributed by atoms with van der Waals surface area (Å²) in [5.41, 5.74) is 2.52. The van der Waals surface area contributed by atoms with Gasteiger partial charge in [0.2, 0.25) is 5.76 Å². The molecule has 0 aliphatic carbocycles. The minimum Gasteiger partial charge on any atom is -0.435 e. The predicted molar refractivity (Wildman–Crippen MR) is 105 cm³/mol. The number of aryl methyl sites for hydroxylation is 2. The van der Waals surface area contributed by atoms with Gasteiger partial charge in [-0.15, -0.1) is 0 Å². The third kappa shape index (κ3) is 4.01. The van der Waals surface area contributed by atoms with Crippen LogP contribution in [0.25, 0.3) is 22.8 Å². The van der Waals surface area contributed by atoms with Crippen LogP contribution in [0.1, 0.15) is 22.0 Å². The first-order valence-corrected chi connectivity index (χ1v) is 8.80. The zero-order valence-electron chi connectivity index (χ0n) is 15.7. The number of halogens is 1. The summed E-state index contributed by atoms with van der Waals surface area (Å²) in [5, 5.41) is 2.69. The van der Waals surface area contributed by atoms with Crippen molar-refractivity contribution in [1.29, 1.82) is 0 Å². The maximum Gasteiger partial charge on any atom is 0.294 e. The number of nitrogens with zero attached hydrogens (tertiary/aromatic N) is 4. The molecule has 0 radical (unpaired) electrons. The van der Waals surface area contributed by atoms with Crippen molar-refractivity contribution in [2.75, 3.05) is 5.32 Å². The molecule has 1 amide bonds. The summed E-state index contributed by atoms with van der Waals surface area (Å²) in [5.74, 6) is 0.121. The van der Waals surface area contributed by atoms with Crippen LogP contribution in [-0.4, -0.2) is 25.8 Å². The normalized spacial score (nSPS) is 10.7. The van der Waals surface area contributed by atoms with Crippen molar-refractivity contribution in [2.45, 2.75) is 13.8 Å². The van der Waals surface area contributed by atoms with E-state index in [2.05, 4.69) is 25.3 Å². The molecule has 0 atom stereocenters. The highest BCUT2D eigenvalue weighted by molar-refractivity contribution is 6.05. The summed E-state index contributed by atoms with van der Waals surface area (Å²) < 4.78 is 18.7. The Kier molecular flexibility index (Phi) is 4.82. The van der Waals surface area contributed by atoms with Crippen LogP contribution in [0, 0.1) is 19.7 Å². The second kappa shape index (κ2) is 7.59. The summed E-state index contributed by atoms with van der Waals surface area (Å²) in [7, 11) is 0. The Labute approximate surface area is 165 Å². The van der Waals surface area contributed by atoms with Gasteiger partial charge in [-0.3, -0.25) is 9.78 Å². The summed E-state index contributed by atoms with van der Waals surface area (Å²) in [6.07, 6.45) is 3.21. The third-order valence-corrected chi connectivity index (χ3v) is 4.10. The van der Waals surface area contributed by atoms with Crippen LogP contribution >= 0.6 is 0 Å². The van der Waals surface area contributed by atoms with Gasteiger partial charge in [0, 0.05) is 24.9 Å². The smallest absolute Gasteiger partial charge is 0.294 e. The van der Waals surface area contributed by atoms with Crippen molar-refractivity contribution in [3.8, 4) is 22.8 Å². The van der Waals surface area contributed by atoms with Crippen LogP contribution in [0.4, 0.5) is 10.2 Å². The van der Waals surface area contributed by atoms with Gasteiger partial charge in [0.05, 0.1) is 0 Å². The van der Waals surface area contributed by atoms with E-state index >= 15 is 0 Å². The van der Waals surface area contributed by atoms with E-state index in [-0.39, 0.29) is 11.6 Å². The molecule has 3 aromatic heterocycles. The molecule has 0 saturated carbocycles. The van der Waals surface area contributed by atoms with E-state index in [1.165, 1.54) is 30.5 Å². The molecule has 0 spiro atoms. The van der Waals surface area contributed by atoms with Crippen molar-refractivity contribution in [2.24, 2.45) is 0 Å². The molecule has 1 aromatic carbocycles. The van der Waals surface area contributed by atoms with E-state index in [0.29, 0.717) is 34.5 Å². The number of anilines is 1. The van der Waals surface area contributed by atoms with E-state index in [9.17, 15) is 9.18 Å². The van der Waals surface area contributed by atoms with Gasteiger partial charge in [0.1, 0.15) is 23.0 Å². The van der Waals surface area contributed by atoms with Gasteiger partial charge >= 0.3 is 0 Å². The molecule has 0 unspecified atom stereocenters. The number of oxazole rings is 1. The lowest BCUT2D eigenvalue weighted by molar-refractivity contribution is 0.0996. The fourth-order valence-corrected chi connectivity index (χ4v) is 2.77. The molecule has 0 bridgehead atoms. The highest BCUT2D eigenvalue weighted by atomic mass is 19.1. The van der Waals surface area contributed by atoms with E-state index in [1.807, 2.05) is 19.1 Å². The van der Waals surface area contributed by atoms with E-state index in [0.717, 1.165) is 5.56 Å². The highest BCUT2D eigenvalue weighted by Gasteiger charge is 2.21. The number of hydrogen-bond donors (Lipinski definition) is 1. The fourth-order valence-electron chi connectivity index (χ4n) is 2.77. The Balaban J connectivity index is 1.62. The first-order chi connectivity index (χ1) is 14.0. The number of aromatic nitrogens is 4. The molecule has 0 aliphatic heterocycles. The number of pyridine rings is 1. The molecule has 0 saturated heterocycles. The topological polar surface area (TPSA) is 93.8 Å². The lowest BCUT2D eigenvalue weighted by Gasteiger charge is -2.06. The highest BCUT2D eigenvalue weighted by Crippen LogP contribution is 2.25. The second-order valence-electron chi connectivity index (χ2n) is 6.36. The molecule has 4 rings (SSSR count). The number of carbonyl (C=O) groups excluding carboxylic acids is 1. The zero-order chi connectivity index (χ0) is 20.4. The molecular formula is C21H16FN5O2. The molecule has 29 heavy (non-hydrogen) atoms. The van der Waals surface area contributed by atoms with Crippen molar-refractivity contribution < 1.29 is 13.6 Å². The number of nitrogens with one attached hydrogen (secondary N) is 1. The molecule has 7 nitrogen and oxygen atoms in total. The molecule has 8 heteroatoms. The second-order valence-corrected chi connectivity index (χ2v) is 6.36. The number of amides is 1. The minimum atomic E-state index is -0.522. The van der Waals surface area contributed by atoms with Gasteiger partial charge in [-0.1, -0.05) is 0 Å². The lowest BCUT2D eigenvalue weighted by Crippen LogP contribution is -2.13. The van der Waals surface area contributed by atoms with Crippen LogP contribution in [0.5, 0.6) is 0 Å². The Bertz CT molecular complexity index is 1190. The van der Waals surface area contributed by atoms with E-state index in [4.69, 9.17) is 4.42 Å². The Morgan fingerprint density at radius 1 is 1.00 bits per heavy atom. The summed E-state index contributed by atoms with van der Waals surface area (Å²) >= 11 is 0. The van der Waals surface area contributed by atoms with E-state index in [1.54, 1.807) is 19.2 Å². The van der Waals surface area contributed by atoms with Crippen molar-refractivity contribution >= 4 is 11.7 Å². The van der Waals surface area contributed by atoms with Crippen LogP contribution in [0.2, 0.25) is 0 Å². The molecular weight excluding hydrogens is 373 g/mol. The quantitative estimate of drug-likeness (QED) is 0.562. The Morgan fingerprint density at radius 3 is 2.52 bits per heavy atom. The largest absolute Gasteiger partial charge is 0.435 e. The minimum absolute atomic E-state index is 0.0166. The summed E-state index contributed by atoms with van der Waals surface area (Å²) in [4.78, 5) is 29.9. The van der Waals surface area contributed by atoms with Crippen LogP contribution in [0.15, 0.2) is 59.3 Å². The fraction of sp³-hybridized carbons (Fsp3) is 0.0952. The first kappa shape index (κ1) is 18.4. The summed E-state index contributed by atoms with van der Waals surface area (Å²) in [6.45, 7) is 3.58. The molecule has 0 fully saturated rings. The number of hydrogen-bond acceptors (Lipinski definition) is 6. The average Bonchev–Trinajstić information content (AvgIpc) is 3.11. The van der Waals surface area contributed by atoms with Crippen LogP contribution < -0.4 is 5.32 Å². The van der Waals surface area contributed by atoms with Gasteiger partial charge in [0.15, 0.2) is 11.7 Å². The van der Waals surface area contributed by atoms with E-state index < -0.39 is 5.91 Å². The standard InChI is InChI=1S/C21H16FN5O2/c1-12-7-9-23-16(11-12)20-24-10-8-17(26-20)27-21(28)19-18(25-13(2)29-19)14-3-5-15(22)6-4-14/h3-11H,1-2H3,(H,24,26,27,28). The number of carbonyl (C=O) groups is 1. The summed E-state index contributed by atoms with van der Waals surface area (Å²) in [6, 6.07) is 11.0. The Hall–Kier alpha value is -3.94. The van der Waals surface area contributed by atoms with Gasteiger partial charge in [-0.25, -0.2) is 19.3 Å². The molecule has 144 valence electrons. The van der Waals surface area contributed by atoms with Crippen molar-refractivity contribution in [1.82, 2.24) is 19.9 Å². The predicted octanol–water partition coefficient (Wildman–Crippen LogP) is 4.20. The van der Waals surface area contributed by atoms with Crippen LogP contribution in [0.3, 0.4) is 0 Å². The Morgan fingerprint density at radius 2 is 1.76 bits per heavy atom. The zero-order valence-corrected chi connectivity index (χ0v) is 15.7. The molecule has 3 heterocycles. The van der Waals surface area contributed by atoms with Gasteiger partial charge < -0.3 is 9.73 Å². The molecule has 1 N–H and O–H groups in total. The monoisotopic (exact) mass is 389 g/mol. The maximum absolute atomic E-state index is 13.2. The number of rotatable bonds is 4. The van der Waals surface area contributed by atoms with Crippen LogP contribution in [-0.2, 0) is 0 Å². The van der Waals surface area contributed by atoms with Crippen molar-refractivity contribution in [3.63, 3.8) is 0 Å². The molecule has 0 aliphatic rings.